The quantitative estimate of drug-likeness (QED) is 0.845. The molecule has 0 bridgehead atoms. The van der Waals surface area contributed by atoms with Gasteiger partial charge in [0.25, 0.3) is 0 Å². The van der Waals surface area contributed by atoms with Crippen LogP contribution in [0.4, 0.5) is 0 Å². The maximum absolute atomic E-state index is 10.8. The van der Waals surface area contributed by atoms with E-state index in [0.717, 1.165) is 5.56 Å². The van der Waals surface area contributed by atoms with Crippen molar-refractivity contribution in [2.45, 2.75) is 11.5 Å². The Balaban J connectivity index is 2.01. The maximum Gasteiger partial charge on any atom is 0.335 e. The van der Waals surface area contributed by atoms with E-state index in [2.05, 4.69) is 0 Å². The van der Waals surface area contributed by atoms with Crippen LogP contribution in [0.2, 0.25) is 0 Å². The molecule has 0 aliphatic heterocycles. The number of aromatic carboxylic acids is 1. The highest BCUT2D eigenvalue weighted by molar-refractivity contribution is 7.98. The van der Waals surface area contributed by atoms with E-state index in [0.29, 0.717) is 12.4 Å². The molecule has 0 aromatic heterocycles. The summed E-state index contributed by atoms with van der Waals surface area (Å²) in [4.78, 5) is 12.0. The fraction of sp³-hybridized carbons (Fsp3) is 0.133. The first-order valence-electron chi connectivity index (χ1n) is 5.78. The van der Waals surface area contributed by atoms with Crippen LogP contribution in [0.5, 0.6) is 5.75 Å². The minimum absolute atomic E-state index is 0.232. The minimum Gasteiger partial charge on any atom is -0.489 e. The Labute approximate surface area is 116 Å². The summed E-state index contributed by atoms with van der Waals surface area (Å²) in [6, 6.07) is 14.6. The average molecular weight is 274 g/mol. The van der Waals surface area contributed by atoms with Crippen LogP contribution >= 0.6 is 11.8 Å². The number of carbonyl (C=O) groups is 1. The molecule has 3 nitrogen and oxygen atoms in total. The molecule has 0 spiro atoms. The molecule has 0 amide bonds. The summed E-state index contributed by atoms with van der Waals surface area (Å²) in [7, 11) is 0. The molecule has 0 aliphatic carbocycles. The van der Waals surface area contributed by atoms with E-state index >= 15 is 0 Å². The van der Waals surface area contributed by atoms with E-state index < -0.39 is 5.97 Å². The zero-order chi connectivity index (χ0) is 13.7. The van der Waals surface area contributed by atoms with Crippen molar-refractivity contribution >= 4 is 17.7 Å². The van der Waals surface area contributed by atoms with E-state index in [4.69, 9.17) is 9.84 Å². The summed E-state index contributed by atoms with van der Waals surface area (Å²) in [6.45, 7) is 0.428. The fourth-order valence-electron chi connectivity index (χ4n) is 1.61. The lowest BCUT2D eigenvalue weighted by atomic mass is 10.2. The lowest BCUT2D eigenvalue weighted by Gasteiger charge is -2.07. The molecule has 19 heavy (non-hydrogen) atoms. The van der Waals surface area contributed by atoms with Gasteiger partial charge >= 0.3 is 5.97 Å². The van der Waals surface area contributed by atoms with Gasteiger partial charge in [0.2, 0.25) is 0 Å². The Morgan fingerprint density at radius 2 is 1.95 bits per heavy atom. The number of thioether (sulfide) groups is 1. The molecule has 0 heterocycles. The average Bonchev–Trinajstić information content (AvgIpc) is 2.46. The molecule has 0 fully saturated rings. The van der Waals surface area contributed by atoms with Gasteiger partial charge in [-0.15, -0.1) is 11.8 Å². The maximum atomic E-state index is 10.8. The number of carboxylic acid groups (broad SMARTS) is 1. The summed E-state index contributed by atoms with van der Waals surface area (Å²) in [5.41, 5.74) is 1.29. The van der Waals surface area contributed by atoms with Crippen LogP contribution in [0.3, 0.4) is 0 Å². The Kier molecular flexibility index (Phi) is 4.47. The van der Waals surface area contributed by atoms with E-state index in [1.54, 1.807) is 30.0 Å². The van der Waals surface area contributed by atoms with E-state index in [-0.39, 0.29) is 5.56 Å². The van der Waals surface area contributed by atoms with Gasteiger partial charge < -0.3 is 9.84 Å². The molecule has 1 N–H and O–H groups in total. The first kappa shape index (κ1) is 13.5. The van der Waals surface area contributed by atoms with Gasteiger partial charge in [-0.2, -0.15) is 0 Å². The highest BCUT2D eigenvalue weighted by Crippen LogP contribution is 2.18. The number of hydrogen-bond donors (Lipinski definition) is 1. The van der Waals surface area contributed by atoms with Crippen LogP contribution in [0, 0.1) is 0 Å². The van der Waals surface area contributed by atoms with Crippen LogP contribution in [-0.2, 0) is 6.61 Å². The van der Waals surface area contributed by atoms with Gasteiger partial charge in [-0.1, -0.05) is 18.2 Å². The second-order valence-corrected chi connectivity index (χ2v) is 4.85. The Hall–Kier alpha value is -1.94. The lowest BCUT2D eigenvalue weighted by Crippen LogP contribution is -1.99. The monoisotopic (exact) mass is 274 g/mol. The third-order valence-electron chi connectivity index (χ3n) is 2.65. The van der Waals surface area contributed by atoms with Crippen molar-refractivity contribution in [1.82, 2.24) is 0 Å². The van der Waals surface area contributed by atoms with Crippen molar-refractivity contribution < 1.29 is 14.6 Å². The molecule has 0 unspecified atom stereocenters. The van der Waals surface area contributed by atoms with Crippen LogP contribution < -0.4 is 4.74 Å². The molecule has 0 atom stereocenters. The first-order valence-corrected chi connectivity index (χ1v) is 7.00. The Morgan fingerprint density at radius 1 is 1.21 bits per heavy atom. The third-order valence-corrected chi connectivity index (χ3v) is 3.39. The predicted octanol–water partition coefficient (Wildman–Crippen LogP) is 3.69. The number of rotatable bonds is 5. The topological polar surface area (TPSA) is 46.5 Å². The number of carboxylic acids is 1. The smallest absolute Gasteiger partial charge is 0.335 e. The lowest BCUT2D eigenvalue weighted by molar-refractivity contribution is 0.0696. The van der Waals surface area contributed by atoms with Gasteiger partial charge in [-0.3, -0.25) is 0 Å². The van der Waals surface area contributed by atoms with Crippen LogP contribution in [0.15, 0.2) is 53.4 Å². The van der Waals surface area contributed by atoms with Gasteiger partial charge in [-0.05, 0) is 42.2 Å². The highest BCUT2D eigenvalue weighted by atomic mass is 32.2. The molecule has 0 aliphatic rings. The third kappa shape index (κ3) is 3.76. The van der Waals surface area contributed by atoms with Crippen molar-refractivity contribution in [1.29, 1.82) is 0 Å². The summed E-state index contributed by atoms with van der Waals surface area (Å²) < 4.78 is 5.59. The largest absolute Gasteiger partial charge is 0.489 e. The normalized spacial score (nSPS) is 10.2. The van der Waals surface area contributed by atoms with Crippen LogP contribution in [0.25, 0.3) is 0 Å². The number of ether oxygens (including phenoxy) is 1. The molecule has 0 radical (unpaired) electrons. The molecule has 98 valence electrons. The van der Waals surface area contributed by atoms with E-state index in [9.17, 15) is 4.79 Å². The number of hydrogen-bond acceptors (Lipinski definition) is 3. The molecule has 2 aromatic carbocycles. The summed E-state index contributed by atoms with van der Waals surface area (Å²) in [5, 5.41) is 8.89. The predicted molar refractivity (Wildman–Crippen MR) is 76.0 cm³/mol. The first-order chi connectivity index (χ1) is 9.19. The van der Waals surface area contributed by atoms with Gasteiger partial charge in [0.15, 0.2) is 0 Å². The van der Waals surface area contributed by atoms with Gasteiger partial charge in [0, 0.05) is 4.90 Å². The SMILES string of the molecule is CSc1ccc(COc2cccc(C(=O)O)c2)cc1. The molecule has 0 saturated carbocycles. The Bertz CT molecular complexity index is 564. The summed E-state index contributed by atoms with van der Waals surface area (Å²) >= 11 is 1.69. The van der Waals surface area contributed by atoms with Crippen molar-refractivity contribution in [3.05, 3.63) is 59.7 Å². The molecule has 4 heteroatoms. The molecule has 0 saturated heterocycles. The standard InChI is InChI=1S/C15H14O3S/c1-19-14-7-5-11(6-8-14)10-18-13-4-2-3-12(9-13)15(16)17/h2-9H,10H2,1H3,(H,16,17). The van der Waals surface area contributed by atoms with Gasteiger partial charge in [0.1, 0.15) is 12.4 Å². The van der Waals surface area contributed by atoms with Crippen molar-refractivity contribution in [3.63, 3.8) is 0 Å². The minimum atomic E-state index is -0.949. The van der Waals surface area contributed by atoms with Crippen molar-refractivity contribution in [2.75, 3.05) is 6.26 Å². The molecular formula is C15H14O3S. The molecule has 2 rings (SSSR count). The van der Waals surface area contributed by atoms with E-state index in [1.807, 2.05) is 30.5 Å². The highest BCUT2D eigenvalue weighted by Gasteiger charge is 2.04. The zero-order valence-electron chi connectivity index (χ0n) is 10.5. The van der Waals surface area contributed by atoms with Crippen molar-refractivity contribution in [3.8, 4) is 5.75 Å². The Morgan fingerprint density at radius 3 is 2.58 bits per heavy atom. The number of benzene rings is 2. The van der Waals surface area contributed by atoms with Gasteiger partial charge in [0.05, 0.1) is 5.56 Å². The zero-order valence-corrected chi connectivity index (χ0v) is 11.3. The summed E-state index contributed by atoms with van der Waals surface area (Å²) in [6.07, 6.45) is 2.03. The van der Waals surface area contributed by atoms with Crippen molar-refractivity contribution in [2.24, 2.45) is 0 Å². The van der Waals surface area contributed by atoms with Crippen LogP contribution in [0.1, 0.15) is 15.9 Å². The summed E-state index contributed by atoms with van der Waals surface area (Å²) in [5.74, 6) is -0.386. The second kappa shape index (κ2) is 6.29. The molecule has 2 aromatic rings. The van der Waals surface area contributed by atoms with E-state index in [1.165, 1.54) is 11.0 Å². The molecular weight excluding hydrogens is 260 g/mol. The van der Waals surface area contributed by atoms with Crippen LogP contribution in [-0.4, -0.2) is 17.3 Å². The fourth-order valence-corrected chi connectivity index (χ4v) is 2.02. The van der Waals surface area contributed by atoms with Gasteiger partial charge in [-0.25, -0.2) is 4.79 Å². The second-order valence-electron chi connectivity index (χ2n) is 3.97.